The molecule has 0 aliphatic rings. The highest BCUT2D eigenvalue weighted by Crippen LogP contribution is 2.31. The van der Waals surface area contributed by atoms with Crippen LogP contribution in [0.2, 0.25) is 0 Å². The zero-order chi connectivity index (χ0) is 23.3. The van der Waals surface area contributed by atoms with Crippen molar-refractivity contribution in [2.24, 2.45) is 5.73 Å². The van der Waals surface area contributed by atoms with Crippen molar-refractivity contribution in [3.8, 4) is 16.9 Å². The number of aliphatic hydroxyl groups excluding tert-OH is 1. The first-order valence-corrected chi connectivity index (χ1v) is 9.57. The SMILES string of the molecule is NC[C@H](O)COc1ccccc1-c1cc(F)cc(C(=O)NCCn2cnnc2)c1.O=CO. The average Bonchev–Trinajstić information content (AvgIpc) is 3.31. The first-order valence-electron chi connectivity index (χ1n) is 9.57. The molecule has 0 aliphatic carbocycles. The number of hydrogen-bond donors (Lipinski definition) is 4. The van der Waals surface area contributed by atoms with Crippen LogP contribution in [0.4, 0.5) is 4.39 Å². The first kappa shape index (κ1) is 24.4. The second kappa shape index (κ2) is 12.8. The van der Waals surface area contributed by atoms with Crippen molar-refractivity contribution in [1.29, 1.82) is 0 Å². The highest BCUT2D eigenvalue weighted by molar-refractivity contribution is 5.95. The third-order valence-corrected chi connectivity index (χ3v) is 4.18. The van der Waals surface area contributed by atoms with E-state index >= 15 is 0 Å². The van der Waals surface area contributed by atoms with Crippen LogP contribution in [-0.4, -0.2) is 63.2 Å². The van der Waals surface area contributed by atoms with Gasteiger partial charge in [-0.15, -0.1) is 10.2 Å². The summed E-state index contributed by atoms with van der Waals surface area (Å²) in [6, 6.07) is 11.1. The summed E-state index contributed by atoms with van der Waals surface area (Å²) < 4.78 is 21.6. The molecule has 3 rings (SSSR count). The van der Waals surface area contributed by atoms with Gasteiger partial charge in [-0.3, -0.25) is 9.59 Å². The van der Waals surface area contributed by atoms with Crippen LogP contribution in [0, 0.1) is 5.82 Å². The Morgan fingerprint density at radius 2 is 1.94 bits per heavy atom. The van der Waals surface area contributed by atoms with Crippen molar-refractivity contribution in [2.45, 2.75) is 12.6 Å². The van der Waals surface area contributed by atoms with Crippen LogP contribution in [0.15, 0.2) is 55.1 Å². The Morgan fingerprint density at radius 3 is 2.62 bits per heavy atom. The molecule has 0 bridgehead atoms. The molecular weight excluding hydrogens is 421 g/mol. The number of hydrogen-bond acceptors (Lipinski definition) is 7. The Morgan fingerprint density at radius 1 is 1.25 bits per heavy atom. The van der Waals surface area contributed by atoms with Gasteiger partial charge in [-0.1, -0.05) is 18.2 Å². The predicted molar refractivity (Wildman–Crippen MR) is 113 cm³/mol. The minimum Gasteiger partial charge on any atom is -0.490 e. The molecule has 170 valence electrons. The molecule has 0 unspecified atom stereocenters. The summed E-state index contributed by atoms with van der Waals surface area (Å²) in [6.45, 7) is 0.682. The number of carboxylic acid groups (broad SMARTS) is 1. The largest absolute Gasteiger partial charge is 0.490 e. The molecule has 0 saturated heterocycles. The number of halogens is 1. The molecule has 2 aromatic carbocycles. The van der Waals surface area contributed by atoms with E-state index in [-0.39, 0.29) is 25.2 Å². The third kappa shape index (κ3) is 7.45. The number of carbonyl (C=O) groups excluding carboxylic acids is 1. The zero-order valence-electron chi connectivity index (χ0n) is 17.1. The van der Waals surface area contributed by atoms with Crippen molar-refractivity contribution in [3.05, 3.63) is 66.5 Å². The Hall–Kier alpha value is -3.83. The number of aliphatic hydroxyl groups is 1. The molecule has 0 aliphatic heterocycles. The minimum absolute atomic E-state index is 0.0132. The van der Waals surface area contributed by atoms with E-state index in [4.69, 9.17) is 20.4 Å². The summed E-state index contributed by atoms with van der Waals surface area (Å²) in [6.07, 6.45) is 2.29. The highest BCUT2D eigenvalue weighted by Gasteiger charge is 2.13. The molecule has 0 fully saturated rings. The van der Waals surface area contributed by atoms with E-state index in [9.17, 15) is 14.3 Å². The standard InChI is InChI=1S/C20H22FN5O3.CH2O2/c21-16-8-14(18-3-1-2-4-19(18)29-11-17(27)10-22)7-15(9-16)20(28)23-5-6-26-12-24-25-13-26;2-1-3/h1-4,7-9,12-13,17,27H,5-6,10-11,22H2,(H,23,28);1H,(H,2,3)/t17-;/m0./s1. The first-order chi connectivity index (χ1) is 15.5. The van der Waals surface area contributed by atoms with Crippen molar-refractivity contribution in [2.75, 3.05) is 19.7 Å². The minimum atomic E-state index is -0.803. The molecule has 1 aromatic heterocycles. The number of aromatic nitrogens is 3. The van der Waals surface area contributed by atoms with Gasteiger partial charge in [-0.2, -0.15) is 0 Å². The second-order valence-corrected chi connectivity index (χ2v) is 6.49. The summed E-state index contributed by atoms with van der Waals surface area (Å²) in [5, 5.41) is 26.6. The Balaban J connectivity index is 0.00000114. The van der Waals surface area contributed by atoms with Crippen LogP contribution in [0.5, 0.6) is 5.75 Å². The van der Waals surface area contributed by atoms with Crippen LogP contribution in [0.25, 0.3) is 11.1 Å². The lowest BCUT2D eigenvalue weighted by Crippen LogP contribution is -2.27. The lowest BCUT2D eigenvalue weighted by Gasteiger charge is -2.15. The maximum atomic E-state index is 14.2. The molecule has 32 heavy (non-hydrogen) atoms. The van der Waals surface area contributed by atoms with Gasteiger partial charge in [0.05, 0.1) is 0 Å². The zero-order valence-corrected chi connectivity index (χ0v) is 17.1. The molecule has 0 saturated carbocycles. The van der Waals surface area contributed by atoms with Gasteiger partial charge >= 0.3 is 0 Å². The van der Waals surface area contributed by atoms with Gasteiger partial charge in [-0.05, 0) is 29.8 Å². The van der Waals surface area contributed by atoms with Crippen molar-refractivity contribution < 1.29 is 28.9 Å². The molecule has 0 radical (unpaired) electrons. The van der Waals surface area contributed by atoms with E-state index in [1.165, 1.54) is 12.1 Å². The molecular formula is C21H24FN5O5. The molecule has 5 N–H and O–H groups in total. The maximum absolute atomic E-state index is 14.2. The van der Waals surface area contributed by atoms with E-state index in [0.717, 1.165) is 0 Å². The summed E-state index contributed by atoms with van der Waals surface area (Å²) in [7, 11) is 0. The van der Waals surface area contributed by atoms with Gasteiger partial charge in [-0.25, -0.2) is 4.39 Å². The van der Waals surface area contributed by atoms with E-state index < -0.39 is 17.8 Å². The number of ether oxygens (including phenoxy) is 1. The molecule has 11 heteroatoms. The molecule has 3 aromatic rings. The summed E-state index contributed by atoms with van der Waals surface area (Å²) >= 11 is 0. The number of para-hydroxylation sites is 1. The molecule has 10 nitrogen and oxygen atoms in total. The third-order valence-electron chi connectivity index (χ3n) is 4.18. The highest BCUT2D eigenvalue weighted by atomic mass is 19.1. The summed E-state index contributed by atoms with van der Waals surface area (Å²) in [4.78, 5) is 20.8. The van der Waals surface area contributed by atoms with Gasteiger partial charge in [0.1, 0.15) is 36.9 Å². The number of carbonyl (C=O) groups is 2. The summed E-state index contributed by atoms with van der Waals surface area (Å²) in [5.41, 5.74) is 6.69. The smallest absolute Gasteiger partial charge is 0.290 e. The van der Waals surface area contributed by atoms with Crippen molar-refractivity contribution in [3.63, 3.8) is 0 Å². The predicted octanol–water partition coefficient (Wildman–Crippen LogP) is 0.913. The van der Waals surface area contributed by atoms with E-state index in [0.29, 0.717) is 30.0 Å². The Labute approximate surface area is 183 Å². The van der Waals surface area contributed by atoms with Gasteiger partial charge in [0, 0.05) is 30.8 Å². The average molecular weight is 445 g/mol. The van der Waals surface area contributed by atoms with Gasteiger partial charge in [0.15, 0.2) is 0 Å². The van der Waals surface area contributed by atoms with Crippen LogP contribution in [0.1, 0.15) is 10.4 Å². The normalized spacial score (nSPS) is 11.1. The van der Waals surface area contributed by atoms with E-state index in [2.05, 4.69) is 15.5 Å². The number of nitrogens with zero attached hydrogens (tertiary/aromatic N) is 3. The quantitative estimate of drug-likeness (QED) is 0.355. The van der Waals surface area contributed by atoms with Crippen LogP contribution in [-0.2, 0) is 11.3 Å². The molecule has 1 amide bonds. The van der Waals surface area contributed by atoms with Gasteiger partial charge in [0.25, 0.3) is 12.4 Å². The fraction of sp³-hybridized carbons (Fsp3) is 0.238. The van der Waals surface area contributed by atoms with Crippen LogP contribution < -0.4 is 15.8 Å². The monoisotopic (exact) mass is 445 g/mol. The number of rotatable bonds is 9. The summed E-state index contributed by atoms with van der Waals surface area (Å²) in [5.74, 6) is -0.469. The topological polar surface area (TPSA) is 153 Å². The fourth-order valence-corrected chi connectivity index (χ4v) is 2.70. The van der Waals surface area contributed by atoms with Gasteiger partial charge < -0.3 is 30.6 Å². The van der Waals surface area contributed by atoms with Gasteiger partial charge in [0.2, 0.25) is 0 Å². The van der Waals surface area contributed by atoms with Crippen LogP contribution in [0.3, 0.4) is 0 Å². The van der Waals surface area contributed by atoms with E-state index in [1.807, 2.05) is 0 Å². The number of benzene rings is 2. The molecule has 1 heterocycles. The number of nitrogens with one attached hydrogen (secondary N) is 1. The fourth-order valence-electron chi connectivity index (χ4n) is 2.70. The number of amides is 1. The lowest BCUT2D eigenvalue weighted by molar-refractivity contribution is -0.122. The maximum Gasteiger partial charge on any atom is 0.290 e. The number of nitrogens with two attached hydrogens (primary N) is 1. The molecule has 0 spiro atoms. The second-order valence-electron chi connectivity index (χ2n) is 6.49. The molecule has 1 atom stereocenters. The van der Waals surface area contributed by atoms with E-state index in [1.54, 1.807) is 47.6 Å². The Bertz CT molecular complexity index is 1000. The van der Waals surface area contributed by atoms with Crippen molar-refractivity contribution >= 4 is 12.4 Å². The van der Waals surface area contributed by atoms with Crippen LogP contribution >= 0.6 is 0 Å². The Kier molecular flexibility index (Phi) is 9.75. The van der Waals surface area contributed by atoms with Crippen molar-refractivity contribution in [1.82, 2.24) is 20.1 Å². The lowest BCUT2D eigenvalue weighted by atomic mass is 10.0.